The van der Waals surface area contributed by atoms with Gasteiger partial charge in [-0.2, -0.15) is 13.2 Å². The Hall–Kier alpha value is -5.06. The molecule has 0 unspecified atom stereocenters. The Bertz CT molecular complexity index is 1680. The van der Waals surface area contributed by atoms with Crippen molar-refractivity contribution in [3.63, 3.8) is 0 Å². The number of halogens is 3. The SMILES string of the molecule is CCCC.Cc1cn(-c2cc(NC(=O)c3ccc(C)c(Nc4nccc(-c5cccnc5)n4)c3)cc(C(F)(F)F)c2)cn1. The number of hydrogen-bond acceptors (Lipinski definition) is 6. The van der Waals surface area contributed by atoms with Gasteiger partial charge < -0.3 is 15.2 Å². The van der Waals surface area contributed by atoms with Crippen LogP contribution in [-0.4, -0.2) is 30.4 Å². The van der Waals surface area contributed by atoms with E-state index in [4.69, 9.17) is 0 Å². The number of imidazole rings is 1. The van der Waals surface area contributed by atoms with E-state index in [1.54, 1.807) is 62.0 Å². The van der Waals surface area contributed by atoms with Crippen molar-refractivity contribution in [3.8, 4) is 16.9 Å². The molecule has 2 N–H and O–H groups in total. The van der Waals surface area contributed by atoms with Crippen molar-refractivity contribution in [3.05, 3.63) is 108 Å². The molecule has 0 radical (unpaired) electrons. The molecule has 43 heavy (non-hydrogen) atoms. The highest BCUT2D eigenvalue weighted by atomic mass is 19.4. The Labute approximate surface area is 248 Å². The smallest absolute Gasteiger partial charge is 0.324 e. The predicted octanol–water partition coefficient (Wildman–Crippen LogP) is 8.16. The lowest BCUT2D eigenvalue weighted by atomic mass is 10.1. The van der Waals surface area contributed by atoms with E-state index in [1.165, 1.54) is 29.8 Å². The first kappa shape index (κ1) is 30.9. The normalized spacial score (nSPS) is 11.0. The van der Waals surface area contributed by atoms with Crippen molar-refractivity contribution >= 4 is 23.2 Å². The van der Waals surface area contributed by atoms with Crippen molar-refractivity contribution in [1.29, 1.82) is 0 Å². The molecule has 0 aliphatic rings. The Morgan fingerprint density at radius 1 is 0.953 bits per heavy atom. The number of aryl methyl sites for hydroxylation is 2. The lowest BCUT2D eigenvalue weighted by molar-refractivity contribution is -0.137. The summed E-state index contributed by atoms with van der Waals surface area (Å²) in [7, 11) is 0. The number of carbonyl (C=O) groups is 1. The monoisotopic (exact) mass is 587 g/mol. The molecule has 5 rings (SSSR count). The summed E-state index contributed by atoms with van der Waals surface area (Å²) in [6.07, 6.45) is 6.02. The highest BCUT2D eigenvalue weighted by Gasteiger charge is 2.31. The average molecular weight is 588 g/mol. The molecule has 0 spiro atoms. The number of benzene rings is 2. The summed E-state index contributed by atoms with van der Waals surface area (Å²) >= 11 is 0. The van der Waals surface area contributed by atoms with Crippen LogP contribution >= 0.6 is 0 Å². The van der Waals surface area contributed by atoms with Crippen LogP contribution in [0.25, 0.3) is 16.9 Å². The van der Waals surface area contributed by atoms with Gasteiger partial charge in [0.05, 0.1) is 23.3 Å². The summed E-state index contributed by atoms with van der Waals surface area (Å²) in [6, 6.07) is 13.7. The zero-order chi connectivity index (χ0) is 31.0. The Kier molecular flexibility index (Phi) is 9.87. The second-order valence-corrected chi connectivity index (χ2v) is 9.80. The molecule has 3 heterocycles. The third-order valence-electron chi connectivity index (χ3n) is 6.37. The van der Waals surface area contributed by atoms with Crippen molar-refractivity contribution in [2.75, 3.05) is 10.6 Å². The fourth-order valence-corrected chi connectivity index (χ4v) is 3.87. The van der Waals surface area contributed by atoms with Crippen molar-refractivity contribution in [2.24, 2.45) is 0 Å². The van der Waals surface area contributed by atoms with Crippen LogP contribution in [0.2, 0.25) is 0 Å². The molecule has 222 valence electrons. The molecule has 0 saturated carbocycles. The van der Waals surface area contributed by atoms with Crippen molar-refractivity contribution in [1.82, 2.24) is 24.5 Å². The Morgan fingerprint density at radius 3 is 2.40 bits per heavy atom. The highest BCUT2D eigenvalue weighted by Crippen LogP contribution is 2.33. The largest absolute Gasteiger partial charge is 0.416 e. The van der Waals surface area contributed by atoms with Crippen LogP contribution in [0.5, 0.6) is 0 Å². The van der Waals surface area contributed by atoms with E-state index in [9.17, 15) is 18.0 Å². The number of amides is 1. The maximum absolute atomic E-state index is 13.6. The Morgan fingerprint density at radius 2 is 1.74 bits per heavy atom. The third-order valence-corrected chi connectivity index (χ3v) is 6.37. The van der Waals surface area contributed by atoms with E-state index in [-0.39, 0.29) is 16.9 Å². The minimum atomic E-state index is -4.60. The number of anilines is 3. The van der Waals surface area contributed by atoms with Gasteiger partial charge in [-0.1, -0.05) is 32.8 Å². The first-order valence-corrected chi connectivity index (χ1v) is 13.7. The Balaban J connectivity index is 0.000000996. The van der Waals surface area contributed by atoms with Gasteiger partial charge in [-0.05, 0) is 67.9 Å². The van der Waals surface area contributed by atoms with Gasteiger partial charge >= 0.3 is 6.18 Å². The number of nitrogens with one attached hydrogen (secondary N) is 2. The lowest BCUT2D eigenvalue weighted by Crippen LogP contribution is -2.14. The molecule has 0 atom stereocenters. The van der Waals surface area contributed by atoms with Gasteiger partial charge in [0.15, 0.2) is 0 Å². The summed E-state index contributed by atoms with van der Waals surface area (Å²) < 4.78 is 42.3. The van der Waals surface area contributed by atoms with Crippen LogP contribution in [0.1, 0.15) is 53.9 Å². The molecule has 0 aliphatic heterocycles. The van der Waals surface area contributed by atoms with Gasteiger partial charge in [-0.25, -0.2) is 15.0 Å². The van der Waals surface area contributed by atoms with E-state index in [1.807, 2.05) is 13.0 Å². The lowest BCUT2D eigenvalue weighted by Gasteiger charge is -2.14. The van der Waals surface area contributed by atoms with E-state index in [0.717, 1.165) is 23.3 Å². The number of aromatic nitrogens is 5. The number of carbonyl (C=O) groups excluding carboxylic acids is 1. The van der Waals surface area contributed by atoms with Crippen molar-refractivity contribution in [2.45, 2.75) is 46.7 Å². The molecular formula is C32H32F3N7O. The standard InChI is InChI=1S/C28H22F3N7O.C4H10/c1-17-5-6-19(10-25(17)37-27-33-9-7-24(36-27)20-4-3-8-32-14-20)26(39)35-22-11-21(28(29,30)31)12-23(13-22)38-15-18(2)34-16-38;1-3-4-2/h3-16H,1-2H3,(H,35,39)(H,33,36,37);3-4H2,1-2H3. The van der Waals surface area contributed by atoms with Gasteiger partial charge in [0, 0.05) is 53.0 Å². The topological polar surface area (TPSA) is 97.6 Å². The summed E-state index contributed by atoms with van der Waals surface area (Å²) in [5.74, 6) is -0.259. The maximum atomic E-state index is 13.6. The predicted molar refractivity (Wildman–Crippen MR) is 162 cm³/mol. The van der Waals surface area contributed by atoms with Crippen LogP contribution in [0, 0.1) is 13.8 Å². The summed E-state index contributed by atoms with van der Waals surface area (Å²) in [5, 5.41) is 5.71. The fraction of sp³-hybridized carbons (Fsp3) is 0.219. The maximum Gasteiger partial charge on any atom is 0.416 e. The average Bonchev–Trinajstić information content (AvgIpc) is 3.44. The number of unbranched alkanes of at least 4 members (excludes halogenated alkanes) is 1. The number of rotatable bonds is 7. The second-order valence-electron chi connectivity index (χ2n) is 9.80. The van der Waals surface area contributed by atoms with E-state index >= 15 is 0 Å². The first-order valence-electron chi connectivity index (χ1n) is 13.7. The van der Waals surface area contributed by atoms with Crippen LogP contribution in [0.15, 0.2) is 85.7 Å². The summed E-state index contributed by atoms with van der Waals surface area (Å²) in [6.45, 7) is 7.94. The molecule has 3 aromatic heterocycles. The van der Waals surface area contributed by atoms with Gasteiger partial charge in [0.25, 0.3) is 5.91 Å². The van der Waals surface area contributed by atoms with E-state index < -0.39 is 17.6 Å². The molecule has 0 saturated heterocycles. The zero-order valence-electron chi connectivity index (χ0n) is 24.3. The molecule has 0 bridgehead atoms. The van der Waals surface area contributed by atoms with E-state index in [2.05, 4.69) is 44.4 Å². The summed E-state index contributed by atoms with van der Waals surface area (Å²) in [4.78, 5) is 30.1. The van der Waals surface area contributed by atoms with Crippen LogP contribution in [0.3, 0.4) is 0 Å². The molecular weight excluding hydrogens is 555 g/mol. The zero-order valence-corrected chi connectivity index (χ0v) is 24.3. The minimum Gasteiger partial charge on any atom is -0.324 e. The molecule has 11 heteroatoms. The van der Waals surface area contributed by atoms with Crippen LogP contribution < -0.4 is 10.6 Å². The van der Waals surface area contributed by atoms with Gasteiger partial charge in [-0.15, -0.1) is 0 Å². The minimum absolute atomic E-state index is 0.00114. The van der Waals surface area contributed by atoms with Gasteiger partial charge in [-0.3, -0.25) is 9.78 Å². The second kappa shape index (κ2) is 13.7. The molecule has 5 aromatic rings. The number of nitrogens with zero attached hydrogens (tertiary/aromatic N) is 5. The third kappa shape index (κ3) is 8.25. The first-order chi connectivity index (χ1) is 20.6. The van der Waals surface area contributed by atoms with E-state index in [0.29, 0.717) is 23.0 Å². The molecule has 2 aromatic carbocycles. The van der Waals surface area contributed by atoms with Crippen molar-refractivity contribution < 1.29 is 18.0 Å². The molecule has 0 aliphatic carbocycles. The molecule has 8 nitrogen and oxygen atoms in total. The summed E-state index contributed by atoms with van der Waals surface area (Å²) in [5.41, 5.74) is 3.09. The van der Waals surface area contributed by atoms with Crippen LogP contribution in [0.4, 0.5) is 30.5 Å². The van der Waals surface area contributed by atoms with Gasteiger partial charge in [0.1, 0.15) is 0 Å². The molecule has 1 amide bonds. The quantitative estimate of drug-likeness (QED) is 0.199. The number of hydrogen-bond donors (Lipinski definition) is 2. The van der Waals surface area contributed by atoms with Gasteiger partial charge in [0.2, 0.25) is 5.95 Å². The van der Waals surface area contributed by atoms with Crippen LogP contribution in [-0.2, 0) is 6.18 Å². The highest BCUT2D eigenvalue weighted by molar-refractivity contribution is 6.05. The molecule has 0 fully saturated rings. The number of pyridine rings is 1. The fourth-order valence-electron chi connectivity index (χ4n) is 3.87. The number of alkyl halides is 3.